The number of nitrogens with zero attached hydrogens (tertiary/aromatic N) is 3. The summed E-state index contributed by atoms with van der Waals surface area (Å²) < 4.78 is 7.18. The van der Waals surface area contributed by atoms with Gasteiger partial charge in [-0.25, -0.2) is 4.98 Å². The molecule has 0 saturated carbocycles. The van der Waals surface area contributed by atoms with Gasteiger partial charge >= 0.3 is 0 Å². The third kappa shape index (κ3) is 2.59. The van der Waals surface area contributed by atoms with Crippen molar-refractivity contribution in [2.24, 2.45) is 5.41 Å². The third-order valence-electron chi connectivity index (χ3n) is 3.08. The molecule has 1 N–H and O–H groups in total. The van der Waals surface area contributed by atoms with E-state index < -0.39 is 5.41 Å². The molecule has 0 aliphatic carbocycles. The molecular weight excluding hydrogens is 256 g/mol. The van der Waals surface area contributed by atoms with Crippen LogP contribution in [0.3, 0.4) is 0 Å². The summed E-state index contributed by atoms with van der Waals surface area (Å²) in [6.07, 6.45) is 3.55. The van der Waals surface area contributed by atoms with Gasteiger partial charge in [0.15, 0.2) is 0 Å². The number of fused-ring (bicyclic) bond motifs is 1. The summed E-state index contributed by atoms with van der Waals surface area (Å²) >= 11 is 0. The van der Waals surface area contributed by atoms with E-state index in [4.69, 9.17) is 4.74 Å². The number of carbonyl (C=O) groups excluding carboxylic acids is 1. The van der Waals surface area contributed by atoms with E-state index in [-0.39, 0.29) is 5.91 Å². The van der Waals surface area contributed by atoms with Gasteiger partial charge in [-0.3, -0.25) is 9.20 Å². The minimum Gasteiger partial charge on any atom is -0.481 e. The summed E-state index contributed by atoms with van der Waals surface area (Å²) in [6.45, 7) is 7.84. The number of rotatable bonds is 3. The molecule has 0 aliphatic heterocycles. The van der Waals surface area contributed by atoms with Crippen molar-refractivity contribution in [2.45, 2.75) is 34.2 Å². The topological polar surface area (TPSA) is 68.5 Å². The van der Waals surface area contributed by atoms with Crippen molar-refractivity contribution in [1.29, 1.82) is 0 Å². The molecule has 2 heterocycles. The van der Waals surface area contributed by atoms with Gasteiger partial charge in [0.25, 0.3) is 0 Å². The van der Waals surface area contributed by atoms with E-state index in [0.717, 1.165) is 17.0 Å². The summed E-state index contributed by atoms with van der Waals surface area (Å²) in [7, 11) is 1.57. The monoisotopic (exact) mass is 276 g/mol. The first-order chi connectivity index (χ1) is 9.34. The molecule has 108 valence electrons. The summed E-state index contributed by atoms with van der Waals surface area (Å²) in [5, 5.41) is 2.90. The van der Waals surface area contributed by atoms with Gasteiger partial charge in [0.05, 0.1) is 19.2 Å². The number of hydrogen-bond donors (Lipinski definition) is 1. The number of ether oxygens (including phenoxy) is 1. The van der Waals surface area contributed by atoms with E-state index in [1.54, 1.807) is 13.3 Å². The number of aromatic nitrogens is 3. The van der Waals surface area contributed by atoms with E-state index in [9.17, 15) is 4.79 Å². The molecule has 0 aliphatic rings. The molecule has 2 aromatic heterocycles. The van der Waals surface area contributed by atoms with Crippen LogP contribution in [0.25, 0.3) is 5.65 Å². The summed E-state index contributed by atoms with van der Waals surface area (Å²) in [5.41, 5.74) is 1.10. The highest BCUT2D eigenvalue weighted by Gasteiger charge is 2.22. The van der Waals surface area contributed by atoms with Crippen LogP contribution in [0.1, 0.15) is 32.2 Å². The van der Waals surface area contributed by atoms with Crippen molar-refractivity contribution in [3.63, 3.8) is 0 Å². The van der Waals surface area contributed by atoms with Crippen LogP contribution < -0.4 is 10.1 Å². The highest BCUT2D eigenvalue weighted by molar-refractivity contribution is 5.81. The molecular formula is C14H20N4O2. The first-order valence-corrected chi connectivity index (χ1v) is 6.49. The number of methoxy groups -OCH3 is 1. The number of hydrogen-bond acceptors (Lipinski definition) is 4. The average molecular weight is 276 g/mol. The van der Waals surface area contributed by atoms with Crippen LogP contribution in [0.5, 0.6) is 5.88 Å². The SMILES string of the molecule is COc1nc(C)n2ccnc2c1CNC(=O)C(C)(C)C. The van der Waals surface area contributed by atoms with Gasteiger partial charge in [-0.05, 0) is 6.92 Å². The van der Waals surface area contributed by atoms with Gasteiger partial charge in [-0.1, -0.05) is 20.8 Å². The van der Waals surface area contributed by atoms with Crippen molar-refractivity contribution in [2.75, 3.05) is 7.11 Å². The van der Waals surface area contributed by atoms with Crippen molar-refractivity contribution in [3.05, 3.63) is 23.8 Å². The number of imidazole rings is 1. The van der Waals surface area contributed by atoms with Crippen LogP contribution in [0.15, 0.2) is 12.4 Å². The molecule has 0 radical (unpaired) electrons. The predicted molar refractivity (Wildman–Crippen MR) is 75.6 cm³/mol. The Morgan fingerprint density at radius 3 is 2.75 bits per heavy atom. The Bertz CT molecular complexity index is 640. The molecule has 0 fully saturated rings. The third-order valence-corrected chi connectivity index (χ3v) is 3.08. The highest BCUT2D eigenvalue weighted by Crippen LogP contribution is 2.22. The van der Waals surface area contributed by atoms with Crippen molar-refractivity contribution < 1.29 is 9.53 Å². The summed E-state index contributed by atoms with van der Waals surface area (Å²) in [6, 6.07) is 0. The van der Waals surface area contributed by atoms with Gasteiger partial charge in [0.2, 0.25) is 11.8 Å². The molecule has 0 spiro atoms. The van der Waals surface area contributed by atoms with Gasteiger partial charge < -0.3 is 10.1 Å². The van der Waals surface area contributed by atoms with Crippen LogP contribution in [0.4, 0.5) is 0 Å². The molecule has 1 amide bonds. The highest BCUT2D eigenvalue weighted by atomic mass is 16.5. The molecule has 2 rings (SSSR count). The molecule has 0 aromatic carbocycles. The second kappa shape index (κ2) is 5.11. The minimum atomic E-state index is -0.433. The summed E-state index contributed by atoms with van der Waals surface area (Å²) in [5.74, 6) is 1.26. The van der Waals surface area contributed by atoms with E-state index in [2.05, 4.69) is 15.3 Å². The first-order valence-electron chi connectivity index (χ1n) is 6.49. The fourth-order valence-electron chi connectivity index (χ4n) is 1.91. The van der Waals surface area contributed by atoms with Gasteiger partial charge in [-0.2, -0.15) is 4.98 Å². The zero-order valence-corrected chi connectivity index (χ0v) is 12.5. The largest absolute Gasteiger partial charge is 0.481 e. The second-order valence-corrected chi connectivity index (χ2v) is 5.70. The number of amides is 1. The number of carbonyl (C=O) groups is 1. The smallest absolute Gasteiger partial charge is 0.225 e. The quantitative estimate of drug-likeness (QED) is 0.926. The molecule has 20 heavy (non-hydrogen) atoms. The van der Waals surface area contributed by atoms with Crippen molar-refractivity contribution in [3.8, 4) is 5.88 Å². The number of aryl methyl sites for hydroxylation is 1. The Hall–Kier alpha value is -2.11. The van der Waals surface area contributed by atoms with Crippen LogP contribution >= 0.6 is 0 Å². The van der Waals surface area contributed by atoms with Crippen LogP contribution in [0, 0.1) is 12.3 Å². The van der Waals surface area contributed by atoms with Crippen LogP contribution in [0.2, 0.25) is 0 Å². The zero-order valence-electron chi connectivity index (χ0n) is 12.5. The van der Waals surface area contributed by atoms with E-state index in [1.165, 1.54) is 0 Å². The maximum Gasteiger partial charge on any atom is 0.225 e. The molecule has 0 saturated heterocycles. The lowest BCUT2D eigenvalue weighted by molar-refractivity contribution is -0.128. The molecule has 6 heteroatoms. The maximum absolute atomic E-state index is 12.0. The number of nitrogens with one attached hydrogen (secondary N) is 1. The Kier molecular flexibility index (Phi) is 3.65. The Morgan fingerprint density at radius 1 is 1.45 bits per heavy atom. The molecule has 2 aromatic rings. The van der Waals surface area contributed by atoms with Gasteiger partial charge in [0.1, 0.15) is 11.5 Å². The Labute approximate surface area is 118 Å². The second-order valence-electron chi connectivity index (χ2n) is 5.70. The minimum absolute atomic E-state index is 0.0233. The fraction of sp³-hybridized carbons (Fsp3) is 0.500. The first kappa shape index (κ1) is 14.3. The lowest BCUT2D eigenvalue weighted by Crippen LogP contribution is -2.34. The standard InChI is InChI=1S/C14H20N4O2/c1-9-17-12(20-5)10(11-15-6-7-18(9)11)8-16-13(19)14(2,3)4/h6-7H,8H2,1-5H3,(H,16,19). The van der Waals surface area contributed by atoms with Gasteiger partial charge in [0, 0.05) is 17.8 Å². The van der Waals surface area contributed by atoms with Crippen LogP contribution in [-0.4, -0.2) is 27.4 Å². The molecule has 0 unspecified atom stereocenters. The Morgan fingerprint density at radius 2 is 2.15 bits per heavy atom. The maximum atomic E-state index is 12.0. The van der Waals surface area contributed by atoms with Crippen molar-refractivity contribution >= 4 is 11.6 Å². The lowest BCUT2D eigenvalue weighted by Gasteiger charge is -2.18. The van der Waals surface area contributed by atoms with Crippen LogP contribution in [-0.2, 0) is 11.3 Å². The Balaban J connectivity index is 2.36. The molecule has 0 atom stereocenters. The predicted octanol–water partition coefficient (Wildman–Crippen LogP) is 1.71. The van der Waals surface area contributed by atoms with E-state index in [0.29, 0.717) is 12.4 Å². The molecule has 0 bridgehead atoms. The normalized spacial score (nSPS) is 11.7. The van der Waals surface area contributed by atoms with Crippen molar-refractivity contribution in [1.82, 2.24) is 19.7 Å². The zero-order chi connectivity index (χ0) is 14.9. The van der Waals surface area contributed by atoms with E-state index >= 15 is 0 Å². The molecule has 6 nitrogen and oxygen atoms in total. The lowest BCUT2D eigenvalue weighted by atomic mass is 9.95. The van der Waals surface area contributed by atoms with E-state index in [1.807, 2.05) is 38.3 Å². The average Bonchev–Trinajstić information content (AvgIpc) is 2.85. The van der Waals surface area contributed by atoms with Gasteiger partial charge in [-0.15, -0.1) is 0 Å². The fourth-order valence-corrected chi connectivity index (χ4v) is 1.91. The summed E-state index contributed by atoms with van der Waals surface area (Å²) in [4.78, 5) is 20.7.